The number of amides is 1. The second kappa shape index (κ2) is 9.28. The Labute approximate surface area is 193 Å². The normalized spacial score (nSPS) is 14.6. The molecule has 3 aromatic rings. The van der Waals surface area contributed by atoms with Crippen LogP contribution in [0.1, 0.15) is 33.1 Å². The first-order valence-electron chi connectivity index (χ1n) is 10.3. The second-order valence-corrected chi connectivity index (χ2v) is 8.34. The topological polar surface area (TPSA) is 111 Å². The van der Waals surface area contributed by atoms with E-state index in [1.165, 1.54) is 22.9 Å². The summed E-state index contributed by atoms with van der Waals surface area (Å²) in [5.41, 5.74) is 2.14. The minimum atomic E-state index is -0.561. The lowest BCUT2D eigenvalue weighted by Crippen LogP contribution is -2.48. The summed E-state index contributed by atoms with van der Waals surface area (Å²) in [6.45, 7) is 6.30. The zero-order chi connectivity index (χ0) is 23.7. The zero-order valence-electron chi connectivity index (χ0n) is 18.1. The molecular weight excluding hydrogens is 455 g/mol. The van der Waals surface area contributed by atoms with Crippen LogP contribution in [-0.4, -0.2) is 61.7 Å². The summed E-state index contributed by atoms with van der Waals surface area (Å²) in [4.78, 5) is 27.4. The van der Waals surface area contributed by atoms with Crippen LogP contribution in [0.2, 0.25) is 5.02 Å². The van der Waals surface area contributed by atoms with Crippen molar-refractivity contribution >= 4 is 23.3 Å². The Morgan fingerprint density at radius 2 is 1.94 bits per heavy atom. The van der Waals surface area contributed by atoms with E-state index in [4.69, 9.17) is 16.1 Å². The summed E-state index contributed by atoms with van der Waals surface area (Å²) >= 11 is 6.13. The van der Waals surface area contributed by atoms with Gasteiger partial charge in [-0.3, -0.25) is 9.69 Å². The molecule has 4 rings (SSSR count). The van der Waals surface area contributed by atoms with Gasteiger partial charge in [0, 0.05) is 37.7 Å². The van der Waals surface area contributed by atoms with E-state index < -0.39 is 4.92 Å². The third-order valence-electron chi connectivity index (χ3n) is 5.72. The molecule has 0 unspecified atom stereocenters. The summed E-state index contributed by atoms with van der Waals surface area (Å²) in [5, 5.41) is 19.3. The van der Waals surface area contributed by atoms with Gasteiger partial charge in [0.1, 0.15) is 11.6 Å². The number of aryl methyl sites for hydroxylation is 2. The Morgan fingerprint density at radius 1 is 1.21 bits per heavy atom. The van der Waals surface area contributed by atoms with E-state index in [2.05, 4.69) is 15.2 Å². The van der Waals surface area contributed by atoms with Gasteiger partial charge in [0.15, 0.2) is 5.69 Å². The molecule has 10 nitrogen and oxygen atoms in total. The Hall–Kier alpha value is -3.31. The highest BCUT2D eigenvalue weighted by Gasteiger charge is 2.29. The van der Waals surface area contributed by atoms with Gasteiger partial charge in [0.25, 0.3) is 5.91 Å². The van der Waals surface area contributed by atoms with Crippen molar-refractivity contribution in [2.45, 2.75) is 26.9 Å². The number of hydrogen-bond acceptors (Lipinski definition) is 7. The minimum absolute atomic E-state index is 0.138. The molecule has 0 atom stereocenters. The Morgan fingerprint density at radius 3 is 2.58 bits per heavy atom. The third-order valence-corrected chi connectivity index (χ3v) is 6.07. The average molecular weight is 477 g/mol. The molecule has 1 aliphatic heterocycles. The molecular formula is C21H22ClFN6O4. The highest BCUT2D eigenvalue weighted by molar-refractivity contribution is 6.31. The van der Waals surface area contributed by atoms with E-state index in [0.29, 0.717) is 54.8 Å². The maximum absolute atomic E-state index is 13.3. The summed E-state index contributed by atoms with van der Waals surface area (Å²) < 4.78 is 20.0. The quantitative estimate of drug-likeness (QED) is 0.397. The minimum Gasteiger partial charge on any atom is -0.361 e. The van der Waals surface area contributed by atoms with Gasteiger partial charge in [0.2, 0.25) is 0 Å². The molecule has 174 valence electrons. The third kappa shape index (κ3) is 4.88. The Bertz CT molecular complexity index is 1200. The predicted octanol–water partition coefficient (Wildman–Crippen LogP) is 3.19. The predicted molar refractivity (Wildman–Crippen MR) is 117 cm³/mol. The fourth-order valence-corrected chi connectivity index (χ4v) is 4.01. The number of hydrogen-bond donors (Lipinski definition) is 0. The van der Waals surface area contributed by atoms with E-state index in [0.717, 1.165) is 5.56 Å². The molecule has 1 aliphatic rings. The fraction of sp³-hybridized carbons (Fsp3) is 0.381. The molecule has 1 fully saturated rings. The highest BCUT2D eigenvalue weighted by Crippen LogP contribution is 2.22. The van der Waals surface area contributed by atoms with Crippen LogP contribution in [0.25, 0.3) is 0 Å². The van der Waals surface area contributed by atoms with Crippen LogP contribution in [0, 0.1) is 29.8 Å². The standard InChI is InChI=1S/C21H22ClFN6O4/c1-13-9-19(29(31)32)24-28(13)12-17-14(2)33-25-20(17)21(30)27-7-5-26(6-8-27)11-15-3-4-16(23)10-18(15)22/h3-4,9-10H,5-8,11-12H2,1-2H3. The second-order valence-electron chi connectivity index (χ2n) is 7.93. The molecule has 0 bridgehead atoms. The summed E-state index contributed by atoms with van der Waals surface area (Å²) in [6, 6.07) is 5.71. The van der Waals surface area contributed by atoms with Gasteiger partial charge >= 0.3 is 5.82 Å². The van der Waals surface area contributed by atoms with Crippen molar-refractivity contribution < 1.29 is 18.6 Å². The van der Waals surface area contributed by atoms with Crippen LogP contribution in [0.4, 0.5) is 10.2 Å². The smallest absolute Gasteiger partial charge is 0.361 e. The van der Waals surface area contributed by atoms with Gasteiger partial charge in [-0.1, -0.05) is 22.8 Å². The van der Waals surface area contributed by atoms with Crippen LogP contribution < -0.4 is 0 Å². The molecule has 3 heterocycles. The number of halogens is 2. The molecule has 33 heavy (non-hydrogen) atoms. The van der Waals surface area contributed by atoms with Crippen molar-refractivity contribution in [1.29, 1.82) is 0 Å². The lowest BCUT2D eigenvalue weighted by molar-refractivity contribution is -0.389. The van der Waals surface area contributed by atoms with Gasteiger partial charge in [-0.25, -0.2) is 4.39 Å². The number of benzene rings is 1. The Balaban J connectivity index is 1.43. The van der Waals surface area contributed by atoms with Gasteiger partial charge in [-0.2, -0.15) is 4.68 Å². The summed E-state index contributed by atoms with van der Waals surface area (Å²) in [7, 11) is 0. The van der Waals surface area contributed by atoms with E-state index in [-0.39, 0.29) is 29.8 Å². The van der Waals surface area contributed by atoms with Gasteiger partial charge in [-0.05, 0) is 36.5 Å². The van der Waals surface area contributed by atoms with Crippen molar-refractivity contribution in [1.82, 2.24) is 24.7 Å². The van der Waals surface area contributed by atoms with Crippen LogP contribution in [0.3, 0.4) is 0 Å². The monoisotopic (exact) mass is 476 g/mol. The van der Waals surface area contributed by atoms with E-state index in [1.807, 2.05) is 0 Å². The molecule has 0 radical (unpaired) electrons. The highest BCUT2D eigenvalue weighted by atomic mass is 35.5. The lowest BCUT2D eigenvalue weighted by atomic mass is 10.1. The van der Waals surface area contributed by atoms with Crippen LogP contribution in [-0.2, 0) is 13.1 Å². The van der Waals surface area contributed by atoms with E-state index >= 15 is 0 Å². The molecule has 0 aliphatic carbocycles. The molecule has 1 aromatic carbocycles. The maximum Gasteiger partial charge on any atom is 0.390 e. The average Bonchev–Trinajstić information content (AvgIpc) is 3.33. The summed E-state index contributed by atoms with van der Waals surface area (Å²) in [6.07, 6.45) is 0. The van der Waals surface area contributed by atoms with Gasteiger partial charge in [-0.15, -0.1) is 0 Å². The first-order valence-corrected chi connectivity index (χ1v) is 10.7. The van der Waals surface area contributed by atoms with Crippen LogP contribution in [0.15, 0.2) is 28.8 Å². The lowest BCUT2D eigenvalue weighted by Gasteiger charge is -2.34. The fourth-order valence-electron chi connectivity index (χ4n) is 3.79. The largest absolute Gasteiger partial charge is 0.390 e. The van der Waals surface area contributed by atoms with Gasteiger partial charge < -0.3 is 19.5 Å². The first-order chi connectivity index (χ1) is 15.7. The molecule has 12 heteroatoms. The number of carbonyl (C=O) groups is 1. The zero-order valence-corrected chi connectivity index (χ0v) is 18.9. The number of aromatic nitrogens is 3. The SMILES string of the molecule is Cc1onc(C(=O)N2CCN(Cc3ccc(F)cc3Cl)CC2)c1Cn1nc([N+](=O)[O-])cc1C. The van der Waals surface area contributed by atoms with Crippen molar-refractivity contribution in [3.63, 3.8) is 0 Å². The first kappa shape index (κ1) is 22.9. The summed E-state index contributed by atoms with van der Waals surface area (Å²) in [5.74, 6) is -0.439. The van der Waals surface area contributed by atoms with E-state index in [1.54, 1.807) is 24.8 Å². The maximum atomic E-state index is 13.3. The number of carbonyl (C=O) groups excluding carboxylic acids is 1. The molecule has 1 amide bonds. The number of piperazine rings is 1. The Kier molecular flexibility index (Phi) is 6.43. The molecule has 0 N–H and O–H groups in total. The van der Waals surface area contributed by atoms with Gasteiger partial charge in [0.05, 0.1) is 29.0 Å². The van der Waals surface area contributed by atoms with Crippen molar-refractivity contribution in [2.75, 3.05) is 26.2 Å². The molecule has 0 saturated carbocycles. The number of nitro groups is 1. The molecule has 1 saturated heterocycles. The van der Waals surface area contributed by atoms with Crippen molar-refractivity contribution in [2.24, 2.45) is 0 Å². The molecule has 0 spiro atoms. The van der Waals surface area contributed by atoms with Crippen LogP contribution >= 0.6 is 11.6 Å². The van der Waals surface area contributed by atoms with E-state index in [9.17, 15) is 19.3 Å². The number of nitrogens with zero attached hydrogens (tertiary/aromatic N) is 6. The number of rotatable bonds is 6. The van der Waals surface area contributed by atoms with Crippen LogP contribution in [0.5, 0.6) is 0 Å². The molecule has 2 aromatic heterocycles. The van der Waals surface area contributed by atoms with Crippen molar-refractivity contribution in [3.05, 3.63) is 73.5 Å². The van der Waals surface area contributed by atoms with Crippen molar-refractivity contribution in [3.8, 4) is 0 Å².